The highest BCUT2D eigenvalue weighted by molar-refractivity contribution is 5.66. The molecule has 0 unspecified atom stereocenters. The number of aryl methyl sites for hydroxylation is 2. The van der Waals surface area contributed by atoms with Crippen LogP contribution < -0.4 is 5.73 Å². The van der Waals surface area contributed by atoms with Crippen LogP contribution in [0.3, 0.4) is 0 Å². The van der Waals surface area contributed by atoms with Crippen molar-refractivity contribution in [1.29, 1.82) is 0 Å². The summed E-state index contributed by atoms with van der Waals surface area (Å²) in [5.41, 5.74) is 9.80. The van der Waals surface area contributed by atoms with E-state index in [1.165, 1.54) is 0 Å². The van der Waals surface area contributed by atoms with Gasteiger partial charge in [0.25, 0.3) is 5.89 Å². The molecule has 0 aliphatic heterocycles. The van der Waals surface area contributed by atoms with E-state index < -0.39 is 0 Å². The highest BCUT2D eigenvalue weighted by Gasteiger charge is 2.13. The van der Waals surface area contributed by atoms with Crippen LogP contribution in [0.15, 0.2) is 16.7 Å². The van der Waals surface area contributed by atoms with Crippen LogP contribution in [0.1, 0.15) is 37.2 Å². The van der Waals surface area contributed by atoms with E-state index in [-0.39, 0.29) is 0 Å². The summed E-state index contributed by atoms with van der Waals surface area (Å²) < 4.78 is 5.36. The Kier molecular flexibility index (Phi) is 3.88. The number of nitrogen functional groups attached to an aromatic ring is 1. The van der Waals surface area contributed by atoms with Gasteiger partial charge in [0.15, 0.2) is 5.82 Å². The molecule has 19 heavy (non-hydrogen) atoms. The van der Waals surface area contributed by atoms with Crippen LogP contribution >= 0.6 is 0 Å². The summed E-state index contributed by atoms with van der Waals surface area (Å²) in [4.78, 5) is 4.46. The Morgan fingerprint density at radius 3 is 2.68 bits per heavy atom. The number of benzene rings is 1. The fourth-order valence-corrected chi connectivity index (χ4v) is 1.99. The lowest BCUT2D eigenvalue weighted by atomic mass is 10.0. The van der Waals surface area contributed by atoms with Crippen LogP contribution in [-0.4, -0.2) is 10.1 Å². The summed E-state index contributed by atoms with van der Waals surface area (Å²) >= 11 is 0. The van der Waals surface area contributed by atoms with Crippen LogP contribution in [0.5, 0.6) is 0 Å². The zero-order chi connectivity index (χ0) is 14.0. The van der Waals surface area contributed by atoms with Crippen LogP contribution in [0.4, 0.5) is 5.69 Å². The molecule has 2 N–H and O–H groups in total. The van der Waals surface area contributed by atoms with Crippen LogP contribution in [0.2, 0.25) is 0 Å². The minimum atomic E-state index is 0.562. The first-order valence-electron chi connectivity index (χ1n) is 6.67. The molecule has 0 saturated carbocycles. The Balaban J connectivity index is 2.28. The minimum absolute atomic E-state index is 0.562. The summed E-state index contributed by atoms with van der Waals surface area (Å²) in [6.45, 7) is 8.45. The third kappa shape index (κ3) is 3.13. The second kappa shape index (κ2) is 5.43. The predicted molar refractivity (Wildman–Crippen MR) is 76.8 cm³/mol. The molecule has 0 bridgehead atoms. The van der Waals surface area contributed by atoms with Crippen LogP contribution in [-0.2, 0) is 6.42 Å². The standard InChI is InChI=1S/C15H21N3O/c1-9(2)5-6-14-17-15(19-18-14)13-8-12(16)7-10(3)11(13)4/h7-9H,5-6,16H2,1-4H3. The lowest BCUT2D eigenvalue weighted by molar-refractivity contribution is 0.419. The van der Waals surface area contributed by atoms with Gasteiger partial charge in [-0.3, -0.25) is 0 Å². The Morgan fingerprint density at radius 1 is 1.26 bits per heavy atom. The monoisotopic (exact) mass is 259 g/mol. The molecule has 0 aliphatic rings. The van der Waals surface area contributed by atoms with E-state index in [0.717, 1.165) is 41.0 Å². The molecule has 1 aromatic carbocycles. The minimum Gasteiger partial charge on any atom is -0.399 e. The molecule has 4 nitrogen and oxygen atoms in total. The fourth-order valence-electron chi connectivity index (χ4n) is 1.99. The Hall–Kier alpha value is -1.84. The molecule has 1 aromatic heterocycles. The van der Waals surface area contributed by atoms with Crippen molar-refractivity contribution in [3.8, 4) is 11.5 Å². The topological polar surface area (TPSA) is 64.9 Å². The average Bonchev–Trinajstić information content (AvgIpc) is 2.79. The maximum atomic E-state index is 5.88. The van der Waals surface area contributed by atoms with E-state index in [4.69, 9.17) is 10.3 Å². The summed E-state index contributed by atoms with van der Waals surface area (Å²) in [5.74, 6) is 1.97. The number of anilines is 1. The van der Waals surface area contributed by atoms with Gasteiger partial charge in [-0.25, -0.2) is 0 Å². The van der Waals surface area contributed by atoms with E-state index >= 15 is 0 Å². The molecule has 2 aromatic rings. The van der Waals surface area contributed by atoms with Gasteiger partial charge in [-0.15, -0.1) is 0 Å². The van der Waals surface area contributed by atoms with E-state index in [1.54, 1.807) is 0 Å². The van der Waals surface area contributed by atoms with Crippen molar-refractivity contribution < 1.29 is 4.52 Å². The molecule has 0 amide bonds. The SMILES string of the molecule is Cc1cc(N)cc(-c2nc(CCC(C)C)no2)c1C. The van der Waals surface area contributed by atoms with E-state index in [9.17, 15) is 0 Å². The Bertz CT molecular complexity index is 573. The van der Waals surface area contributed by atoms with Crippen LogP contribution in [0, 0.1) is 19.8 Å². The second-order valence-corrected chi connectivity index (χ2v) is 5.46. The molecule has 0 spiro atoms. The number of nitrogens with two attached hydrogens (primary N) is 1. The Morgan fingerprint density at radius 2 is 2.00 bits per heavy atom. The van der Waals surface area contributed by atoms with Crippen molar-refractivity contribution in [1.82, 2.24) is 10.1 Å². The zero-order valence-electron chi connectivity index (χ0n) is 12.0. The van der Waals surface area contributed by atoms with Gasteiger partial charge < -0.3 is 10.3 Å². The van der Waals surface area contributed by atoms with Gasteiger partial charge in [0, 0.05) is 17.7 Å². The number of aromatic nitrogens is 2. The van der Waals surface area contributed by atoms with Gasteiger partial charge in [0.05, 0.1) is 0 Å². The number of hydrogen-bond acceptors (Lipinski definition) is 4. The van der Waals surface area contributed by atoms with Crippen molar-refractivity contribution in [2.75, 3.05) is 5.73 Å². The summed E-state index contributed by atoms with van der Waals surface area (Å²) in [5, 5.41) is 4.04. The summed E-state index contributed by atoms with van der Waals surface area (Å²) in [6.07, 6.45) is 1.91. The molecule has 1 heterocycles. The average molecular weight is 259 g/mol. The largest absolute Gasteiger partial charge is 0.399 e. The summed E-state index contributed by atoms with van der Waals surface area (Å²) in [7, 11) is 0. The van der Waals surface area contributed by atoms with Gasteiger partial charge in [0.2, 0.25) is 0 Å². The number of nitrogens with zero attached hydrogens (tertiary/aromatic N) is 2. The third-order valence-corrected chi connectivity index (χ3v) is 3.33. The van der Waals surface area contributed by atoms with Crippen LogP contribution in [0.25, 0.3) is 11.5 Å². The molecule has 0 aliphatic carbocycles. The summed E-state index contributed by atoms with van der Waals surface area (Å²) in [6, 6.07) is 3.84. The second-order valence-electron chi connectivity index (χ2n) is 5.46. The molecule has 0 radical (unpaired) electrons. The molecular weight excluding hydrogens is 238 g/mol. The van der Waals surface area contributed by atoms with Crippen molar-refractivity contribution in [2.45, 2.75) is 40.5 Å². The number of hydrogen-bond donors (Lipinski definition) is 1. The molecule has 4 heteroatoms. The van der Waals surface area contributed by atoms with Gasteiger partial charge in [-0.1, -0.05) is 19.0 Å². The molecular formula is C15H21N3O. The first kappa shape index (κ1) is 13.6. The normalized spacial score (nSPS) is 11.2. The Labute approximate surface area is 114 Å². The van der Waals surface area contributed by atoms with Crippen molar-refractivity contribution in [2.24, 2.45) is 5.92 Å². The highest BCUT2D eigenvalue weighted by atomic mass is 16.5. The first-order chi connectivity index (χ1) is 8.97. The molecule has 0 fully saturated rings. The lowest BCUT2D eigenvalue weighted by Gasteiger charge is -2.06. The van der Waals surface area contributed by atoms with Gasteiger partial charge in [-0.05, 0) is 49.4 Å². The van der Waals surface area contributed by atoms with Crippen molar-refractivity contribution in [3.05, 3.63) is 29.1 Å². The predicted octanol–water partition coefficient (Wildman–Crippen LogP) is 3.52. The maximum Gasteiger partial charge on any atom is 0.258 e. The highest BCUT2D eigenvalue weighted by Crippen LogP contribution is 2.27. The smallest absolute Gasteiger partial charge is 0.258 e. The number of rotatable bonds is 4. The molecule has 2 rings (SSSR count). The van der Waals surface area contributed by atoms with Crippen molar-refractivity contribution >= 4 is 5.69 Å². The molecule has 0 saturated heterocycles. The fraction of sp³-hybridized carbons (Fsp3) is 0.467. The van der Waals surface area contributed by atoms with E-state index in [1.807, 2.05) is 26.0 Å². The van der Waals surface area contributed by atoms with Gasteiger partial charge in [-0.2, -0.15) is 4.98 Å². The lowest BCUT2D eigenvalue weighted by Crippen LogP contribution is -1.95. The molecule has 102 valence electrons. The zero-order valence-corrected chi connectivity index (χ0v) is 12.0. The van der Waals surface area contributed by atoms with Gasteiger partial charge in [0.1, 0.15) is 0 Å². The third-order valence-electron chi connectivity index (χ3n) is 3.33. The molecule has 0 atom stereocenters. The first-order valence-corrected chi connectivity index (χ1v) is 6.67. The van der Waals surface area contributed by atoms with Gasteiger partial charge >= 0.3 is 0 Å². The van der Waals surface area contributed by atoms with E-state index in [2.05, 4.69) is 24.0 Å². The maximum absolute atomic E-state index is 5.88. The quantitative estimate of drug-likeness (QED) is 0.853. The van der Waals surface area contributed by atoms with E-state index in [0.29, 0.717) is 11.8 Å². The van der Waals surface area contributed by atoms with Crippen molar-refractivity contribution in [3.63, 3.8) is 0 Å².